The summed E-state index contributed by atoms with van der Waals surface area (Å²) in [5, 5.41) is 21.4. The van der Waals surface area contributed by atoms with Crippen molar-refractivity contribution in [3.05, 3.63) is 0 Å². The Kier molecular flexibility index (Phi) is 12.1. The number of ether oxygens (including phenoxy) is 1. The van der Waals surface area contributed by atoms with Crippen LogP contribution in [0.1, 0.15) is 12.8 Å². The van der Waals surface area contributed by atoms with Gasteiger partial charge in [0.05, 0.1) is 0 Å². The van der Waals surface area contributed by atoms with Crippen molar-refractivity contribution in [2.24, 2.45) is 0 Å². The Morgan fingerprint density at radius 2 is 1.86 bits per heavy atom. The molecule has 0 aromatic carbocycles. The van der Waals surface area contributed by atoms with Crippen LogP contribution in [0.2, 0.25) is 3.93 Å². The zero-order valence-corrected chi connectivity index (χ0v) is 18.5. The Morgan fingerprint density at radius 3 is 2.41 bits per heavy atom. The molecule has 0 radical (unpaired) electrons. The standard InChI is InChI=1S/C9H15N2O5.C2H4O2S.Hg/c1-6(16-2)5-10-9(15)11-7(12)3-4-8(13)14;3-2(4)1-5;/h6H,1,3-5H2,2H3,(H,13,14)(H2,10,11,12,15);5H,1H2,(H,3,4);/q;;+1/p-1. The molecule has 0 heterocycles. The molecule has 0 rings (SSSR count). The predicted octanol–water partition coefficient (Wildman–Crippen LogP) is -0.0744. The van der Waals surface area contributed by atoms with Gasteiger partial charge >= 0.3 is 142 Å². The van der Waals surface area contributed by atoms with Crippen molar-refractivity contribution in [1.82, 2.24) is 10.6 Å². The predicted molar refractivity (Wildman–Crippen MR) is 74.1 cm³/mol. The molecule has 0 aliphatic heterocycles. The van der Waals surface area contributed by atoms with Crippen LogP contribution >= 0.6 is 8.24 Å². The first-order valence-corrected chi connectivity index (χ1v) is 18.2. The summed E-state index contributed by atoms with van der Waals surface area (Å²) >= 11 is -1.40. The second kappa shape index (κ2) is 12.6. The molecule has 1 atom stereocenters. The molecule has 122 valence electrons. The van der Waals surface area contributed by atoms with E-state index in [2.05, 4.69) is 5.32 Å². The van der Waals surface area contributed by atoms with Gasteiger partial charge in [-0.1, -0.05) is 0 Å². The van der Waals surface area contributed by atoms with Crippen LogP contribution in [0.4, 0.5) is 4.79 Å². The van der Waals surface area contributed by atoms with E-state index in [1.54, 1.807) is 0 Å². The van der Waals surface area contributed by atoms with Crippen LogP contribution in [-0.4, -0.2) is 59.6 Å². The van der Waals surface area contributed by atoms with Gasteiger partial charge in [-0.25, -0.2) is 0 Å². The van der Waals surface area contributed by atoms with Crippen molar-refractivity contribution < 1.29 is 57.2 Å². The van der Waals surface area contributed by atoms with Gasteiger partial charge in [0.25, 0.3) is 0 Å². The molecule has 4 N–H and O–H groups in total. The molecule has 0 spiro atoms. The Hall–Kier alpha value is -0.875. The average molecular weight is 523 g/mol. The van der Waals surface area contributed by atoms with Crippen LogP contribution in [0.25, 0.3) is 0 Å². The number of carboxylic acid groups (broad SMARTS) is 2. The zero-order valence-electron chi connectivity index (χ0n) is 12.2. The average Bonchev–Trinajstić information content (AvgIpc) is 2.44. The molecule has 0 fully saturated rings. The van der Waals surface area contributed by atoms with Gasteiger partial charge in [-0.3, -0.25) is 0 Å². The molecule has 0 aliphatic rings. The number of methoxy groups -OCH3 is 1. The summed E-state index contributed by atoms with van der Waals surface area (Å²) in [4.78, 5) is 43.3. The number of urea groups is 1. The summed E-state index contributed by atoms with van der Waals surface area (Å²) in [5.74, 6) is -2.51. The molecule has 11 heteroatoms. The van der Waals surface area contributed by atoms with Crippen molar-refractivity contribution in [3.63, 3.8) is 0 Å². The van der Waals surface area contributed by atoms with Crippen LogP contribution in [-0.2, 0) is 42.2 Å². The number of amides is 3. The molecule has 9 nitrogen and oxygen atoms in total. The maximum atomic E-state index is 11.4. The van der Waals surface area contributed by atoms with Crippen LogP contribution in [0.5, 0.6) is 0 Å². The number of hydrogen-bond acceptors (Lipinski definition) is 6. The molecule has 0 aromatic rings. The summed E-state index contributed by atoms with van der Waals surface area (Å²) < 4.78 is 5.95. The monoisotopic (exact) mass is 524 g/mol. The summed E-state index contributed by atoms with van der Waals surface area (Å²) in [6, 6.07) is -0.702. The van der Waals surface area contributed by atoms with Gasteiger partial charge in [0.1, 0.15) is 0 Å². The van der Waals surface area contributed by atoms with Crippen molar-refractivity contribution in [2.75, 3.05) is 19.4 Å². The molecule has 3 amide bonds. The van der Waals surface area contributed by atoms with Gasteiger partial charge in [-0.05, 0) is 0 Å². The number of aliphatic carboxylic acids is 2. The summed E-state index contributed by atoms with van der Waals surface area (Å²) in [6.07, 6.45) is -0.808. The molecule has 22 heavy (non-hydrogen) atoms. The number of carbonyl (C=O) groups excluding carboxylic acids is 2. The first-order valence-electron chi connectivity index (χ1n) is 6.47. The van der Waals surface area contributed by atoms with Crippen molar-refractivity contribution in [2.45, 2.75) is 22.9 Å². The summed E-state index contributed by atoms with van der Waals surface area (Å²) in [6.45, 7) is 0.210. The van der Waals surface area contributed by atoms with E-state index >= 15 is 0 Å². The van der Waals surface area contributed by atoms with Gasteiger partial charge < -0.3 is 0 Å². The number of rotatable bonds is 11. The second-order valence-electron chi connectivity index (χ2n) is 4.24. The van der Waals surface area contributed by atoms with Crippen LogP contribution < -0.4 is 10.6 Å². The van der Waals surface area contributed by atoms with E-state index in [0.717, 1.165) is 3.93 Å². The van der Waals surface area contributed by atoms with E-state index in [4.69, 9.17) is 14.9 Å². The molecular weight excluding hydrogens is 505 g/mol. The number of nitrogens with one attached hydrogen (secondary N) is 2. The molecular formula is C11H18HgN2O7S. The molecule has 0 bridgehead atoms. The fourth-order valence-corrected chi connectivity index (χ4v) is 12.5. The molecule has 0 aromatic heterocycles. The van der Waals surface area contributed by atoms with E-state index in [1.165, 1.54) is 15.4 Å². The van der Waals surface area contributed by atoms with Gasteiger partial charge in [-0.2, -0.15) is 0 Å². The van der Waals surface area contributed by atoms with Crippen LogP contribution in [0.15, 0.2) is 0 Å². The first-order chi connectivity index (χ1) is 10.3. The van der Waals surface area contributed by atoms with Gasteiger partial charge in [0.15, 0.2) is 0 Å². The third kappa shape index (κ3) is 12.8. The van der Waals surface area contributed by atoms with E-state index in [1.807, 2.05) is 5.32 Å². The van der Waals surface area contributed by atoms with E-state index in [-0.39, 0.29) is 31.2 Å². The number of carbonyl (C=O) groups is 4. The Morgan fingerprint density at radius 1 is 1.18 bits per heavy atom. The SMILES string of the molecule is COC(CNC(=O)NC(=O)CCC(=O)O)[CH2][Hg][S]CC(=O)O. The molecule has 0 aliphatic carbocycles. The Balaban J connectivity index is 3.86. The van der Waals surface area contributed by atoms with E-state index < -0.39 is 46.9 Å². The van der Waals surface area contributed by atoms with Gasteiger partial charge in [-0.15, -0.1) is 0 Å². The molecule has 1 unspecified atom stereocenters. The third-order valence-electron chi connectivity index (χ3n) is 2.45. The zero-order chi connectivity index (χ0) is 17.0. The Bertz CT molecular complexity index is 408. The normalized spacial score (nSPS) is 11.1. The van der Waals surface area contributed by atoms with E-state index in [9.17, 15) is 19.2 Å². The van der Waals surface area contributed by atoms with Gasteiger partial charge in [0.2, 0.25) is 0 Å². The first kappa shape index (κ1) is 21.1. The van der Waals surface area contributed by atoms with E-state index in [0.29, 0.717) is 0 Å². The van der Waals surface area contributed by atoms with Crippen LogP contribution in [0.3, 0.4) is 0 Å². The fraction of sp³-hybridized carbons (Fsp3) is 0.636. The maximum absolute atomic E-state index is 11.4. The second-order valence-corrected chi connectivity index (χ2v) is 17.1. The van der Waals surface area contributed by atoms with Crippen molar-refractivity contribution in [1.29, 1.82) is 0 Å². The Labute approximate surface area is 142 Å². The minimum atomic E-state index is -1.40. The molecule has 0 saturated carbocycles. The summed E-state index contributed by atoms with van der Waals surface area (Å²) in [5.41, 5.74) is 0. The third-order valence-corrected chi connectivity index (χ3v) is 14.4. The van der Waals surface area contributed by atoms with Gasteiger partial charge in [0, 0.05) is 0 Å². The topological polar surface area (TPSA) is 142 Å². The quantitative estimate of drug-likeness (QED) is 0.218. The van der Waals surface area contributed by atoms with Crippen molar-refractivity contribution >= 4 is 32.1 Å². The summed E-state index contributed by atoms with van der Waals surface area (Å²) in [7, 11) is 2.96. The van der Waals surface area contributed by atoms with Crippen molar-refractivity contribution in [3.8, 4) is 0 Å². The number of imide groups is 1. The van der Waals surface area contributed by atoms with Crippen LogP contribution in [0, 0.1) is 0 Å². The number of hydrogen-bond donors (Lipinski definition) is 4. The minimum absolute atomic E-state index is 0.101. The number of carboxylic acids is 2. The molecule has 0 saturated heterocycles. The fourth-order valence-electron chi connectivity index (χ4n) is 1.34.